The molecule has 0 radical (unpaired) electrons. The first-order valence-electron chi connectivity index (χ1n) is 7.34. The lowest BCUT2D eigenvalue weighted by Crippen LogP contribution is -2.43. The molecule has 0 aromatic heterocycles. The summed E-state index contributed by atoms with van der Waals surface area (Å²) in [4.78, 5) is 11.6. The van der Waals surface area contributed by atoms with Gasteiger partial charge in [-0.1, -0.05) is 36.4 Å². The predicted molar refractivity (Wildman–Crippen MR) is 87.3 cm³/mol. The van der Waals surface area contributed by atoms with Crippen LogP contribution in [0.15, 0.2) is 42.5 Å². The minimum atomic E-state index is -0.217. The van der Waals surface area contributed by atoms with E-state index in [9.17, 15) is 4.79 Å². The first kappa shape index (κ1) is 16.1. The van der Waals surface area contributed by atoms with Gasteiger partial charge < -0.3 is 20.1 Å². The van der Waals surface area contributed by atoms with Gasteiger partial charge in [0.25, 0.3) is 0 Å². The van der Waals surface area contributed by atoms with Gasteiger partial charge in [-0.05, 0) is 18.4 Å². The van der Waals surface area contributed by atoms with Gasteiger partial charge in [0.05, 0.1) is 19.2 Å². The molecule has 0 spiro atoms. The van der Waals surface area contributed by atoms with Crippen LogP contribution in [0.3, 0.4) is 0 Å². The van der Waals surface area contributed by atoms with Crippen LogP contribution in [0.5, 0.6) is 5.75 Å². The number of benzene rings is 2. The van der Waals surface area contributed by atoms with E-state index in [2.05, 4.69) is 10.6 Å². The highest BCUT2D eigenvalue weighted by atomic mass is 16.5. The molecule has 1 unspecified atom stereocenters. The Labute approximate surface area is 130 Å². The molecule has 0 heterocycles. The van der Waals surface area contributed by atoms with Crippen molar-refractivity contribution in [3.8, 4) is 5.75 Å². The summed E-state index contributed by atoms with van der Waals surface area (Å²) in [6.45, 7) is 3.23. The zero-order chi connectivity index (χ0) is 15.8. The van der Waals surface area contributed by atoms with Gasteiger partial charge in [0.1, 0.15) is 12.4 Å². The highest BCUT2D eigenvalue weighted by molar-refractivity contribution is 5.88. The molecule has 5 nitrogen and oxygen atoms in total. The van der Waals surface area contributed by atoms with Crippen LogP contribution in [-0.2, 0) is 4.74 Å². The van der Waals surface area contributed by atoms with Gasteiger partial charge in [-0.15, -0.1) is 0 Å². The lowest BCUT2D eigenvalue weighted by molar-refractivity contribution is 0.170. The Hall–Kier alpha value is -2.27. The van der Waals surface area contributed by atoms with E-state index in [1.54, 1.807) is 7.11 Å². The summed E-state index contributed by atoms with van der Waals surface area (Å²) in [6, 6.07) is 13.8. The van der Waals surface area contributed by atoms with Crippen LogP contribution in [0.4, 0.5) is 4.79 Å². The van der Waals surface area contributed by atoms with Crippen LogP contribution in [0.1, 0.15) is 6.92 Å². The first-order valence-corrected chi connectivity index (χ1v) is 7.34. The van der Waals surface area contributed by atoms with Crippen LogP contribution < -0.4 is 15.4 Å². The van der Waals surface area contributed by atoms with E-state index in [-0.39, 0.29) is 12.1 Å². The smallest absolute Gasteiger partial charge is 0.315 e. The Bertz CT molecular complexity index is 610. The zero-order valence-corrected chi connectivity index (χ0v) is 13.0. The summed E-state index contributed by atoms with van der Waals surface area (Å²) in [5.74, 6) is 0.827. The number of urea groups is 1. The van der Waals surface area contributed by atoms with Crippen molar-refractivity contribution in [3.63, 3.8) is 0 Å². The second-order valence-electron chi connectivity index (χ2n) is 5.08. The zero-order valence-electron chi connectivity index (χ0n) is 13.0. The number of carbonyl (C=O) groups excluding carboxylic acids is 1. The van der Waals surface area contributed by atoms with Crippen molar-refractivity contribution in [2.45, 2.75) is 13.0 Å². The summed E-state index contributed by atoms with van der Waals surface area (Å²) < 4.78 is 10.7. The van der Waals surface area contributed by atoms with Crippen molar-refractivity contribution in [1.29, 1.82) is 0 Å². The number of hydrogen-bond acceptors (Lipinski definition) is 3. The Morgan fingerprint density at radius 1 is 1.18 bits per heavy atom. The number of nitrogens with one attached hydrogen (secondary N) is 2. The lowest BCUT2D eigenvalue weighted by Gasteiger charge is -2.14. The Kier molecular flexibility index (Phi) is 6.03. The maximum Gasteiger partial charge on any atom is 0.315 e. The predicted octanol–water partition coefficient (Wildman–Crippen LogP) is 2.55. The van der Waals surface area contributed by atoms with Crippen LogP contribution in [-0.4, -0.2) is 38.9 Å². The van der Waals surface area contributed by atoms with Crippen molar-refractivity contribution in [1.82, 2.24) is 10.6 Å². The van der Waals surface area contributed by atoms with Crippen LogP contribution in [0.2, 0.25) is 0 Å². The fraction of sp³-hybridized carbons (Fsp3) is 0.353. The van der Waals surface area contributed by atoms with Crippen molar-refractivity contribution >= 4 is 16.8 Å². The fourth-order valence-electron chi connectivity index (χ4n) is 2.21. The number of carbonyl (C=O) groups is 1. The Morgan fingerprint density at radius 2 is 1.95 bits per heavy atom. The molecule has 118 valence electrons. The van der Waals surface area contributed by atoms with Gasteiger partial charge in [0.2, 0.25) is 0 Å². The van der Waals surface area contributed by atoms with Gasteiger partial charge in [0.15, 0.2) is 0 Å². The quantitative estimate of drug-likeness (QED) is 0.773. The van der Waals surface area contributed by atoms with Crippen LogP contribution >= 0.6 is 0 Å². The van der Waals surface area contributed by atoms with E-state index < -0.39 is 0 Å². The summed E-state index contributed by atoms with van der Waals surface area (Å²) >= 11 is 0. The molecule has 5 heteroatoms. The van der Waals surface area contributed by atoms with E-state index in [0.29, 0.717) is 19.8 Å². The van der Waals surface area contributed by atoms with Gasteiger partial charge in [-0.3, -0.25) is 0 Å². The molecule has 2 amide bonds. The van der Waals surface area contributed by atoms with Gasteiger partial charge in [0, 0.05) is 12.5 Å². The molecule has 0 saturated carbocycles. The van der Waals surface area contributed by atoms with Gasteiger partial charge in [-0.25, -0.2) is 4.79 Å². The Balaban J connectivity index is 1.77. The number of fused-ring (bicyclic) bond motifs is 1. The second kappa shape index (κ2) is 8.24. The molecular formula is C17H22N2O3. The average molecular weight is 302 g/mol. The number of ether oxygens (including phenoxy) is 2. The summed E-state index contributed by atoms with van der Waals surface area (Å²) in [6.07, 6.45) is 0. The number of amides is 2. The van der Waals surface area contributed by atoms with E-state index in [4.69, 9.17) is 9.47 Å². The molecule has 0 aliphatic rings. The van der Waals surface area contributed by atoms with E-state index >= 15 is 0 Å². The van der Waals surface area contributed by atoms with E-state index in [1.165, 1.54) is 0 Å². The molecule has 0 aliphatic heterocycles. The summed E-state index contributed by atoms with van der Waals surface area (Å²) in [5, 5.41) is 7.75. The van der Waals surface area contributed by atoms with Crippen LogP contribution in [0, 0.1) is 0 Å². The number of rotatable bonds is 7. The SMILES string of the molecule is COCC(C)NC(=O)NCCOc1cccc2ccccc12. The van der Waals surface area contributed by atoms with E-state index in [0.717, 1.165) is 16.5 Å². The van der Waals surface area contributed by atoms with Crippen molar-refractivity contribution in [2.75, 3.05) is 26.9 Å². The fourth-order valence-corrected chi connectivity index (χ4v) is 2.21. The maximum atomic E-state index is 11.6. The lowest BCUT2D eigenvalue weighted by atomic mass is 10.1. The average Bonchev–Trinajstić information content (AvgIpc) is 2.52. The molecule has 2 aromatic carbocycles. The summed E-state index contributed by atoms with van der Waals surface area (Å²) in [5.41, 5.74) is 0. The number of hydrogen-bond donors (Lipinski definition) is 2. The molecule has 0 bridgehead atoms. The van der Waals surface area contributed by atoms with E-state index in [1.807, 2.05) is 49.4 Å². The molecule has 2 N–H and O–H groups in total. The summed E-state index contributed by atoms with van der Waals surface area (Å²) in [7, 11) is 1.61. The van der Waals surface area contributed by atoms with Crippen molar-refractivity contribution < 1.29 is 14.3 Å². The number of methoxy groups -OCH3 is 1. The van der Waals surface area contributed by atoms with Gasteiger partial charge >= 0.3 is 6.03 Å². The van der Waals surface area contributed by atoms with Gasteiger partial charge in [-0.2, -0.15) is 0 Å². The maximum absolute atomic E-state index is 11.6. The molecule has 0 saturated heterocycles. The normalized spacial score (nSPS) is 11.9. The molecule has 1 atom stereocenters. The minimum absolute atomic E-state index is 0.0241. The molecule has 2 rings (SSSR count). The molecule has 2 aromatic rings. The highest BCUT2D eigenvalue weighted by Crippen LogP contribution is 2.24. The Morgan fingerprint density at radius 3 is 2.77 bits per heavy atom. The standard InChI is InChI=1S/C17H22N2O3/c1-13(12-21-2)19-17(20)18-10-11-22-16-9-5-7-14-6-3-4-8-15(14)16/h3-9,13H,10-12H2,1-2H3,(H2,18,19,20). The monoisotopic (exact) mass is 302 g/mol. The largest absolute Gasteiger partial charge is 0.491 e. The third kappa shape index (κ3) is 4.63. The minimum Gasteiger partial charge on any atom is -0.491 e. The molecule has 22 heavy (non-hydrogen) atoms. The molecular weight excluding hydrogens is 280 g/mol. The van der Waals surface area contributed by atoms with Crippen LogP contribution in [0.25, 0.3) is 10.8 Å². The third-order valence-electron chi connectivity index (χ3n) is 3.19. The van der Waals surface area contributed by atoms with Crippen molar-refractivity contribution in [3.05, 3.63) is 42.5 Å². The second-order valence-corrected chi connectivity index (χ2v) is 5.08. The highest BCUT2D eigenvalue weighted by Gasteiger charge is 2.06. The first-order chi connectivity index (χ1) is 10.7. The third-order valence-corrected chi connectivity index (χ3v) is 3.19. The topological polar surface area (TPSA) is 59.6 Å². The van der Waals surface area contributed by atoms with Crippen molar-refractivity contribution in [2.24, 2.45) is 0 Å². The molecule has 0 fully saturated rings. The molecule has 0 aliphatic carbocycles.